The molecule has 1 aliphatic rings. The summed E-state index contributed by atoms with van der Waals surface area (Å²) in [4.78, 5) is 11.0. The van der Waals surface area contributed by atoms with Crippen molar-refractivity contribution in [1.29, 1.82) is 0 Å². The maximum Gasteiger partial charge on any atom is 0.322 e. The molecular formula is C8H15NO6S3. The Labute approximate surface area is 111 Å². The maximum atomic E-state index is 11.9. The standard InChI is InChI=1S/C8H15NO6S3/c1-17(12,13)4-5-18(14,15)9-2-3-16-6-7(9)8(10)11/h7H,2-6H2,1H3,(H,10,11). The first-order valence-corrected chi connectivity index (χ1v) is 9.94. The molecule has 0 amide bonds. The fourth-order valence-electron chi connectivity index (χ4n) is 1.49. The molecule has 0 bridgehead atoms. The summed E-state index contributed by atoms with van der Waals surface area (Å²) in [5.74, 6) is -1.56. The Hall–Kier alpha value is -0.320. The van der Waals surface area contributed by atoms with Crippen LogP contribution in [-0.2, 0) is 24.7 Å². The lowest BCUT2D eigenvalue weighted by Gasteiger charge is -2.31. The van der Waals surface area contributed by atoms with Gasteiger partial charge in [0.15, 0.2) is 0 Å². The van der Waals surface area contributed by atoms with E-state index in [2.05, 4.69) is 0 Å². The summed E-state index contributed by atoms with van der Waals surface area (Å²) in [5.41, 5.74) is 0. The molecule has 0 saturated carbocycles. The molecule has 0 aromatic rings. The van der Waals surface area contributed by atoms with E-state index >= 15 is 0 Å². The van der Waals surface area contributed by atoms with Crippen LogP contribution in [0.4, 0.5) is 0 Å². The van der Waals surface area contributed by atoms with Crippen molar-refractivity contribution >= 4 is 37.6 Å². The van der Waals surface area contributed by atoms with E-state index in [9.17, 15) is 21.6 Å². The molecule has 0 radical (unpaired) electrons. The summed E-state index contributed by atoms with van der Waals surface area (Å²) >= 11 is 1.37. The minimum Gasteiger partial charge on any atom is -0.480 e. The zero-order valence-electron chi connectivity index (χ0n) is 9.77. The number of sulfone groups is 1. The third kappa shape index (κ3) is 4.41. The van der Waals surface area contributed by atoms with Crippen LogP contribution in [0.5, 0.6) is 0 Å². The number of sulfonamides is 1. The molecule has 7 nitrogen and oxygen atoms in total. The Morgan fingerprint density at radius 1 is 1.33 bits per heavy atom. The van der Waals surface area contributed by atoms with Gasteiger partial charge in [0, 0.05) is 24.3 Å². The third-order valence-corrected chi connectivity index (χ3v) is 6.53. The Morgan fingerprint density at radius 2 is 1.94 bits per heavy atom. The molecule has 1 atom stereocenters. The summed E-state index contributed by atoms with van der Waals surface area (Å²) in [6.07, 6.45) is 0.948. The summed E-state index contributed by atoms with van der Waals surface area (Å²) in [5, 5.41) is 8.96. The van der Waals surface area contributed by atoms with Crippen LogP contribution in [0.1, 0.15) is 0 Å². The zero-order valence-corrected chi connectivity index (χ0v) is 12.2. The number of thioether (sulfide) groups is 1. The fourth-order valence-corrected chi connectivity index (χ4v) is 5.95. The van der Waals surface area contributed by atoms with Crippen LogP contribution in [-0.4, -0.2) is 74.1 Å². The highest BCUT2D eigenvalue weighted by atomic mass is 32.2. The van der Waals surface area contributed by atoms with Gasteiger partial charge in [0.2, 0.25) is 10.0 Å². The Balaban J connectivity index is 2.85. The molecule has 1 N–H and O–H groups in total. The number of aliphatic carboxylic acids is 1. The van der Waals surface area contributed by atoms with E-state index in [0.29, 0.717) is 5.75 Å². The van der Waals surface area contributed by atoms with Crippen LogP contribution in [0.25, 0.3) is 0 Å². The lowest BCUT2D eigenvalue weighted by atomic mass is 10.3. The quantitative estimate of drug-likeness (QED) is 0.683. The first-order valence-electron chi connectivity index (χ1n) is 5.11. The van der Waals surface area contributed by atoms with Crippen molar-refractivity contribution in [1.82, 2.24) is 4.31 Å². The fraction of sp³-hybridized carbons (Fsp3) is 0.875. The van der Waals surface area contributed by atoms with Crippen molar-refractivity contribution in [2.45, 2.75) is 6.04 Å². The topological polar surface area (TPSA) is 109 Å². The molecule has 0 aromatic carbocycles. The van der Waals surface area contributed by atoms with Crippen LogP contribution < -0.4 is 0 Å². The predicted molar refractivity (Wildman–Crippen MR) is 69.0 cm³/mol. The van der Waals surface area contributed by atoms with Crippen molar-refractivity contribution in [3.8, 4) is 0 Å². The summed E-state index contributed by atoms with van der Waals surface area (Å²) < 4.78 is 46.7. The van der Waals surface area contributed by atoms with Crippen LogP contribution in [0.15, 0.2) is 0 Å². The maximum absolute atomic E-state index is 11.9. The van der Waals surface area contributed by atoms with Gasteiger partial charge in [0.1, 0.15) is 15.9 Å². The third-order valence-electron chi connectivity index (χ3n) is 2.43. The summed E-state index contributed by atoms with van der Waals surface area (Å²) in [6, 6.07) is -1.10. The van der Waals surface area contributed by atoms with Gasteiger partial charge in [0.25, 0.3) is 0 Å². The second kappa shape index (κ2) is 5.76. The number of carbonyl (C=O) groups is 1. The highest BCUT2D eigenvalue weighted by Gasteiger charge is 2.37. The van der Waals surface area contributed by atoms with Crippen LogP contribution in [0.3, 0.4) is 0 Å². The van der Waals surface area contributed by atoms with Crippen LogP contribution >= 0.6 is 11.8 Å². The number of carboxylic acid groups (broad SMARTS) is 1. The number of rotatable bonds is 5. The Kier molecular flexibility index (Phi) is 5.04. The largest absolute Gasteiger partial charge is 0.480 e. The SMILES string of the molecule is CS(=O)(=O)CCS(=O)(=O)N1CCSCC1C(=O)O. The number of hydrogen-bond acceptors (Lipinski definition) is 6. The number of hydrogen-bond donors (Lipinski definition) is 1. The van der Waals surface area contributed by atoms with Gasteiger partial charge in [-0.15, -0.1) is 0 Å². The Morgan fingerprint density at radius 3 is 2.44 bits per heavy atom. The molecule has 0 aromatic heterocycles. The second-order valence-corrected chi connectivity index (χ2v) is 9.44. The van der Waals surface area contributed by atoms with E-state index in [0.717, 1.165) is 10.6 Å². The number of nitrogens with zero attached hydrogens (tertiary/aromatic N) is 1. The van der Waals surface area contributed by atoms with Gasteiger partial charge in [-0.05, 0) is 0 Å². The van der Waals surface area contributed by atoms with E-state index < -0.39 is 43.4 Å². The molecule has 10 heteroatoms. The molecule has 1 heterocycles. The van der Waals surface area contributed by atoms with E-state index in [4.69, 9.17) is 5.11 Å². The monoisotopic (exact) mass is 317 g/mol. The van der Waals surface area contributed by atoms with Crippen molar-refractivity contribution in [3.63, 3.8) is 0 Å². The van der Waals surface area contributed by atoms with Crippen molar-refractivity contribution in [3.05, 3.63) is 0 Å². The van der Waals surface area contributed by atoms with E-state index in [1.54, 1.807) is 0 Å². The molecule has 1 aliphatic heterocycles. The van der Waals surface area contributed by atoms with Gasteiger partial charge in [-0.25, -0.2) is 16.8 Å². The smallest absolute Gasteiger partial charge is 0.322 e. The van der Waals surface area contributed by atoms with E-state index in [1.807, 2.05) is 0 Å². The van der Waals surface area contributed by atoms with Crippen molar-refractivity contribution < 1.29 is 26.7 Å². The molecule has 18 heavy (non-hydrogen) atoms. The van der Waals surface area contributed by atoms with Gasteiger partial charge in [-0.2, -0.15) is 16.1 Å². The van der Waals surface area contributed by atoms with Gasteiger partial charge in [-0.3, -0.25) is 4.79 Å². The van der Waals surface area contributed by atoms with Crippen molar-refractivity contribution in [2.75, 3.05) is 35.8 Å². The molecule has 1 rings (SSSR count). The van der Waals surface area contributed by atoms with Crippen molar-refractivity contribution in [2.24, 2.45) is 0 Å². The molecule has 1 fully saturated rings. The second-order valence-electron chi connectivity index (χ2n) is 3.99. The first-order chi connectivity index (χ1) is 8.13. The highest BCUT2D eigenvalue weighted by molar-refractivity contribution is 7.99. The molecule has 0 spiro atoms. The lowest BCUT2D eigenvalue weighted by Crippen LogP contribution is -2.51. The minimum absolute atomic E-state index is 0.105. The molecule has 0 aliphatic carbocycles. The zero-order chi connectivity index (χ0) is 14.0. The summed E-state index contributed by atoms with van der Waals surface area (Å²) in [6.45, 7) is 0.105. The lowest BCUT2D eigenvalue weighted by molar-refractivity contribution is -0.140. The van der Waals surface area contributed by atoms with Crippen LogP contribution in [0.2, 0.25) is 0 Å². The van der Waals surface area contributed by atoms with E-state index in [-0.39, 0.29) is 12.3 Å². The molecule has 1 unspecified atom stereocenters. The van der Waals surface area contributed by atoms with E-state index in [1.165, 1.54) is 11.8 Å². The van der Waals surface area contributed by atoms with Gasteiger partial charge in [-0.1, -0.05) is 0 Å². The first kappa shape index (κ1) is 15.7. The molecular weight excluding hydrogens is 302 g/mol. The van der Waals surface area contributed by atoms with Gasteiger partial charge in [0.05, 0.1) is 11.5 Å². The van der Waals surface area contributed by atoms with Crippen LogP contribution in [0, 0.1) is 0 Å². The van der Waals surface area contributed by atoms with Gasteiger partial charge >= 0.3 is 5.97 Å². The summed E-state index contributed by atoms with van der Waals surface area (Å²) in [7, 11) is -7.24. The minimum atomic E-state index is -3.85. The molecule has 1 saturated heterocycles. The average Bonchev–Trinajstić information content (AvgIpc) is 2.26. The average molecular weight is 317 g/mol. The molecule has 106 valence electrons. The van der Waals surface area contributed by atoms with Gasteiger partial charge < -0.3 is 5.11 Å². The highest BCUT2D eigenvalue weighted by Crippen LogP contribution is 2.20. The predicted octanol–water partition coefficient (Wildman–Crippen LogP) is -1.14. The Bertz CT molecular complexity index is 511. The number of carboxylic acids is 1. The normalized spacial score (nSPS) is 22.8.